The highest BCUT2D eigenvalue weighted by Gasteiger charge is 2.32. The lowest BCUT2D eigenvalue weighted by atomic mass is 10.00. The topological polar surface area (TPSA) is 69.1 Å². The number of tetrazole rings is 1. The molecule has 0 N–H and O–H groups in total. The molecule has 0 atom stereocenters. The standard InChI is InChI=1S/C12H13N5OS2/c1-12(2)4-6-7(5-20-12)18-10-8(6)9-14-15-16-17(9)11(13-10)19-3/h4-5H2,1-3H3. The minimum atomic E-state index is 0.201. The molecule has 4 heterocycles. The molecule has 0 amide bonds. The number of furan rings is 1. The third-order valence-corrected chi connectivity index (χ3v) is 5.48. The Kier molecular flexibility index (Phi) is 2.56. The van der Waals surface area contributed by atoms with Gasteiger partial charge in [0.25, 0.3) is 0 Å². The van der Waals surface area contributed by atoms with Crippen molar-refractivity contribution in [3.8, 4) is 0 Å². The first-order valence-electron chi connectivity index (χ1n) is 6.29. The van der Waals surface area contributed by atoms with Gasteiger partial charge in [0.2, 0.25) is 5.71 Å². The minimum Gasteiger partial charge on any atom is -0.441 e. The van der Waals surface area contributed by atoms with Crippen molar-refractivity contribution in [1.82, 2.24) is 25.0 Å². The molecule has 0 bridgehead atoms. The predicted octanol–water partition coefficient (Wildman–Crippen LogP) is 2.56. The maximum atomic E-state index is 5.95. The van der Waals surface area contributed by atoms with Crippen molar-refractivity contribution < 1.29 is 4.42 Å². The van der Waals surface area contributed by atoms with E-state index in [1.807, 2.05) is 18.0 Å². The van der Waals surface area contributed by atoms with E-state index in [0.717, 1.165) is 34.1 Å². The first-order valence-corrected chi connectivity index (χ1v) is 8.50. The summed E-state index contributed by atoms with van der Waals surface area (Å²) in [4.78, 5) is 4.55. The van der Waals surface area contributed by atoms with E-state index in [9.17, 15) is 0 Å². The second-order valence-corrected chi connectivity index (χ2v) is 7.88. The first kappa shape index (κ1) is 12.5. The van der Waals surface area contributed by atoms with Crippen molar-refractivity contribution in [2.24, 2.45) is 0 Å². The van der Waals surface area contributed by atoms with Crippen LogP contribution in [0.4, 0.5) is 0 Å². The molecule has 1 aliphatic rings. The van der Waals surface area contributed by atoms with Gasteiger partial charge < -0.3 is 4.42 Å². The summed E-state index contributed by atoms with van der Waals surface area (Å²) in [5.74, 6) is 1.89. The quantitative estimate of drug-likeness (QED) is 0.505. The lowest BCUT2D eigenvalue weighted by molar-refractivity contribution is 0.538. The SMILES string of the molecule is CSc1nc2oc3c(c2c2nnnn12)CC(C)(C)SC3. The van der Waals surface area contributed by atoms with Crippen molar-refractivity contribution >= 4 is 40.3 Å². The van der Waals surface area contributed by atoms with Crippen LogP contribution in [-0.2, 0) is 12.2 Å². The molecule has 0 fully saturated rings. The molecule has 20 heavy (non-hydrogen) atoms. The van der Waals surface area contributed by atoms with Crippen LogP contribution >= 0.6 is 23.5 Å². The monoisotopic (exact) mass is 307 g/mol. The summed E-state index contributed by atoms with van der Waals surface area (Å²) in [6.07, 6.45) is 2.90. The largest absolute Gasteiger partial charge is 0.441 e. The van der Waals surface area contributed by atoms with Crippen LogP contribution in [0.2, 0.25) is 0 Å². The zero-order valence-electron chi connectivity index (χ0n) is 11.4. The van der Waals surface area contributed by atoms with E-state index in [2.05, 4.69) is 34.4 Å². The molecule has 0 aliphatic carbocycles. The van der Waals surface area contributed by atoms with Crippen LogP contribution in [0.1, 0.15) is 25.2 Å². The Hall–Kier alpha value is -1.28. The van der Waals surface area contributed by atoms with Gasteiger partial charge in [-0.1, -0.05) is 25.6 Å². The molecule has 3 aromatic heterocycles. The van der Waals surface area contributed by atoms with Gasteiger partial charge in [0, 0.05) is 10.3 Å². The van der Waals surface area contributed by atoms with E-state index in [4.69, 9.17) is 4.42 Å². The molecule has 104 valence electrons. The normalized spacial score (nSPS) is 17.8. The van der Waals surface area contributed by atoms with Gasteiger partial charge in [-0.15, -0.1) is 16.9 Å². The van der Waals surface area contributed by atoms with Gasteiger partial charge in [-0.2, -0.15) is 9.50 Å². The molecule has 1 aliphatic heterocycles. The summed E-state index contributed by atoms with van der Waals surface area (Å²) < 4.78 is 7.84. The average Bonchev–Trinajstić information content (AvgIpc) is 2.99. The molecule has 0 spiro atoms. The third kappa shape index (κ3) is 1.67. The zero-order chi connectivity index (χ0) is 13.9. The molecule has 8 heteroatoms. The maximum absolute atomic E-state index is 5.95. The summed E-state index contributed by atoms with van der Waals surface area (Å²) >= 11 is 3.42. The van der Waals surface area contributed by atoms with Crippen LogP contribution in [0, 0.1) is 0 Å². The Labute approximate surface area is 123 Å². The van der Waals surface area contributed by atoms with E-state index in [0.29, 0.717) is 5.71 Å². The van der Waals surface area contributed by atoms with Crippen molar-refractivity contribution in [2.75, 3.05) is 6.26 Å². The fourth-order valence-corrected chi connectivity index (χ4v) is 4.06. The van der Waals surface area contributed by atoms with Gasteiger partial charge in [-0.05, 0) is 23.1 Å². The minimum absolute atomic E-state index is 0.201. The van der Waals surface area contributed by atoms with E-state index in [-0.39, 0.29) is 4.75 Å². The lowest BCUT2D eigenvalue weighted by Crippen LogP contribution is -2.22. The van der Waals surface area contributed by atoms with Gasteiger partial charge in [0.1, 0.15) is 5.76 Å². The highest BCUT2D eigenvalue weighted by atomic mass is 32.2. The van der Waals surface area contributed by atoms with E-state index >= 15 is 0 Å². The van der Waals surface area contributed by atoms with E-state index in [1.165, 1.54) is 17.3 Å². The molecule has 4 rings (SSSR count). The van der Waals surface area contributed by atoms with Crippen molar-refractivity contribution in [1.29, 1.82) is 0 Å². The molecule has 0 aromatic carbocycles. The summed E-state index contributed by atoms with van der Waals surface area (Å²) in [5.41, 5.74) is 2.61. The molecule has 0 radical (unpaired) electrons. The lowest BCUT2D eigenvalue weighted by Gasteiger charge is -2.27. The summed E-state index contributed by atoms with van der Waals surface area (Å²) in [5, 5.41) is 13.7. The van der Waals surface area contributed by atoms with Gasteiger partial charge in [-0.3, -0.25) is 0 Å². The van der Waals surface area contributed by atoms with Crippen LogP contribution in [0.3, 0.4) is 0 Å². The highest BCUT2D eigenvalue weighted by Crippen LogP contribution is 2.43. The molecule has 0 saturated carbocycles. The van der Waals surface area contributed by atoms with Crippen LogP contribution in [0.15, 0.2) is 9.57 Å². The maximum Gasteiger partial charge on any atom is 0.232 e. The van der Waals surface area contributed by atoms with Crippen LogP contribution in [0.5, 0.6) is 0 Å². The van der Waals surface area contributed by atoms with Crippen LogP contribution in [-0.4, -0.2) is 36.0 Å². The zero-order valence-corrected chi connectivity index (χ0v) is 13.0. The predicted molar refractivity (Wildman–Crippen MR) is 79.2 cm³/mol. The number of nitrogens with zero attached hydrogens (tertiary/aromatic N) is 5. The average molecular weight is 307 g/mol. The van der Waals surface area contributed by atoms with Crippen LogP contribution in [0.25, 0.3) is 16.7 Å². The van der Waals surface area contributed by atoms with Gasteiger partial charge >= 0.3 is 0 Å². The van der Waals surface area contributed by atoms with E-state index < -0.39 is 0 Å². The van der Waals surface area contributed by atoms with Crippen molar-refractivity contribution in [3.05, 3.63) is 11.3 Å². The Morgan fingerprint density at radius 3 is 3.05 bits per heavy atom. The van der Waals surface area contributed by atoms with Crippen molar-refractivity contribution in [2.45, 2.75) is 35.9 Å². The van der Waals surface area contributed by atoms with Gasteiger partial charge in [0.15, 0.2) is 10.8 Å². The summed E-state index contributed by atoms with van der Waals surface area (Å²) in [6, 6.07) is 0. The van der Waals surface area contributed by atoms with Gasteiger partial charge in [-0.25, -0.2) is 0 Å². The second kappa shape index (κ2) is 4.11. The molecule has 0 saturated heterocycles. The highest BCUT2D eigenvalue weighted by molar-refractivity contribution is 7.99. The molecule has 6 nitrogen and oxygen atoms in total. The second-order valence-electron chi connectivity index (χ2n) is 5.42. The fourth-order valence-electron chi connectivity index (χ4n) is 2.59. The van der Waals surface area contributed by atoms with E-state index in [1.54, 1.807) is 4.52 Å². The Bertz CT molecular complexity index is 822. The molecular weight excluding hydrogens is 294 g/mol. The van der Waals surface area contributed by atoms with Crippen molar-refractivity contribution in [3.63, 3.8) is 0 Å². The molecular formula is C12H13N5OS2. The Balaban J connectivity index is 2.09. The summed E-state index contributed by atoms with van der Waals surface area (Å²) in [6.45, 7) is 4.50. The number of rotatable bonds is 1. The Morgan fingerprint density at radius 1 is 1.40 bits per heavy atom. The molecule has 3 aromatic rings. The number of thioether (sulfide) groups is 2. The number of fused-ring (bicyclic) bond motifs is 5. The number of hydrogen-bond donors (Lipinski definition) is 0. The van der Waals surface area contributed by atoms with Gasteiger partial charge in [0.05, 0.1) is 11.1 Å². The number of aromatic nitrogens is 5. The first-order chi connectivity index (χ1) is 9.59. The smallest absolute Gasteiger partial charge is 0.232 e. The summed E-state index contributed by atoms with van der Waals surface area (Å²) in [7, 11) is 0. The van der Waals surface area contributed by atoms with Crippen LogP contribution < -0.4 is 0 Å². The Morgan fingerprint density at radius 2 is 2.25 bits per heavy atom. The fraction of sp³-hybridized carbons (Fsp3) is 0.500. The number of hydrogen-bond acceptors (Lipinski definition) is 7. The molecule has 0 unspecified atom stereocenters. The third-order valence-electron chi connectivity index (χ3n) is 3.52.